The van der Waals surface area contributed by atoms with E-state index in [1.807, 2.05) is 6.08 Å². The molecule has 0 bridgehead atoms. The molecule has 2 atom stereocenters. The molecule has 0 aromatic heterocycles. The van der Waals surface area contributed by atoms with Crippen LogP contribution < -0.4 is 5.32 Å². The zero-order valence-corrected chi connectivity index (χ0v) is 15.3. The van der Waals surface area contributed by atoms with Gasteiger partial charge in [0.25, 0.3) is 0 Å². The van der Waals surface area contributed by atoms with E-state index in [0.717, 1.165) is 31.3 Å². The van der Waals surface area contributed by atoms with Crippen LogP contribution in [0.4, 0.5) is 4.79 Å². The van der Waals surface area contributed by atoms with Gasteiger partial charge >= 0.3 is 12.1 Å². The maximum absolute atomic E-state index is 12.0. The molecule has 2 N–H and O–H groups in total. The third-order valence-corrected chi connectivity index (χ3v) is 3.76. The maximum Gasteiger partial charge on any atom is 0.408 e. The first-order chi connectivity index (χ1) is 11.2. The lowest BCUT2D eigenvalue weighted by molar-refractivity contribution is -0.140. The fourth-order valence-corrected chi connectivity index (χ4v) is 2.66. The predicted molar refractivity (Wildman–Crippen MR) is 91.9 cm³/mol. The van der Waals surface area contributed by atoms with Crippen molar-refractivity contribution in [2.75, 3.05) is 13.2 Å². The number of ether oxygens (including phenoxy) is 2. The van der Waals surface area contributed by atoms with Crippen LogP contribution in [0.1, 0.15) is 59.8 Å². The fraction of sp³-hybridized carbons (Fsp3) is 0.778. The minimum atomic E-state index is -0.804. The number of carboxylic acid groups (broad SMARTS) is 1. The van der Waals surface area contributed by atoms with Crippen molar-refractivity contribution in [3.05, 3.63) is 11.6 Å². The number of carbonyl (C=O) groups is 2. The normalized spacial score (nSPS) is 20.8. The Hall–Kier alpha value is -1.56. The summed E-state index contributed by atoms with van der Waals surface area (Å²) < 4.78 is 10.9. The Morgan fingerprint density at radius 3 is 2.71 bits per heavy atom. The third-order valence-electron chi connectivity index (χ3n) is 3.76. The van der Waals surface area contributed by atoms with Crippen LogP contribution in [0.25, 0.3) is 0 Å². The van der Waals surface area contributed by atoms with E-state index in [1.165, 1.54) is 0 Å². The second kappa shape index (κ2) is 9.67. The van der Waals surface area contributed by atoms with E-state index < -0.39 is 23.6 Å². The largest absolute Gasteiger partial charge is 0.481 e. The van der Waals surface area contributed by atoms with E-state index in [1.54, 1.807) is 20.8 Å². The molecule has 1 rings (SSSR count). The molecule has 0 spiro atoms. The third kappa shape index (κ3) is 7.81. The summed E-state index contributed by atoms with van der Waals surface area (Å²) in [6.07, 6.45) is 5.56. The van der Waals surface area contributed by atoms with Crippen LogP contribution in [0.3, 0.4) is 0 Å². The van der Waals surface area contributed by atoms with Crippen LogP contribution in [-0.4, -0.2) is 42.0 Å². The van der Waals surface area contributed by atoms with E-state index in [2.05, 4.69) is 12.2 Å². The topological polar surface area (TPSA) is 84.9 Å². The molecular formula is C18H31NO5. The maximum atomic E-state index is 12.0. The predicted octanol–water partition coefficient (Wildman–Crippen LogP) is 3.51. The molecule has 1 fully saturated rings. The molecule has 1 saturated carbocycles. The van der Waals surface area contributed by atoms with Gasteiger partial charge in [0.15, 0.2) is 0 Å². The molecule has 6 heteroatoms. The van der Waals surface area contributed by atoms with Crippen molar-refractivity contribution in [2.45, 2.75) is 71.4 Å². The van der Waals surface area contributed by atoms with Crippen molar-refractivity contribution in [3.8, 4) is 0 Å². The number of carbonyl (C=O) groups excluding carboxylic acids is 1. The Labute approximate surface area is 144 Å². The molecule has 0 aliphatic heterocycles. The smallest absolute Gasteiger partial charge is 0.408 e. The molecule has 1 amide bonds. The Balaban J connectivity index is 2.73. The first kappa shape index (κ1) is 20.5. The minimum Gasteiger partial charge on any atom is -0.481 e. The number of hydrogen-bond donors (Lipinski definition) is 2. The number of amides is 1. The van der Waals surface area contributed by atoms with Gasteiger partial charge < -0.3 is 19.9 Å². The molecule has 0 heterocycles. The highest BCUT2D eigenvalue weighted by atomic mass is 16.6. The van der Waals surface area contributed by atoms with E-state index in [4.69, 9.17) is 9.47 Å². The Morgan fingerprint density at radius 1 is 1.42 bits per heavy atom. The number of aliphatic carboxylic acids is 1. The van der Waals surface area contributed by atoms with Gasteiger partial charge in [0, 0.05) is 6.61 Å². The number of nitrogens with one attached hydrogen (secondary N) is 1. The molecule has 0 aromatic carbocycles. The lowest BCUT2D eigenvalue weighted by atomic mass is 10.0. The number of carboxylic acids is 1. The highest BCUT2D eigenvalue weighted by Gasteiger charge is 2.28. The van der Waals surface area contributed by atoms with Gasteiger partial charge in [-0.2, -0.15) is 0 Å². The number of unbranched alkanes of at least 4 members (excludes halogenated alkanes) is 1. The Bertz CT molecular complexity index is 453. The van der Waals surface area contributed by atoms with Crippen molar-refractivity contribution >= 4 is 12.1 Å². The molecule has 24 heavy (non-hydrogen) atoms. The molecule has 0 saturated heterocycles. The van der Waals surface area contributed by atoms with Gasteiger partial charge in [0.2, 0.25) is 0 Å². The lowest BCUT2D eigenvalue weighted by Crippen LogP contribution is -2.41. The summed E-state index contributed by atoms with van der Waals surface area (Å²) in [7, 11) is 0. The molecule has 0 unspecified atom stereocenters. The summed E-state index contributed by atoms with van der Waals surface area (Å²) in [4.78, 5) is 23.3. The summed E-state index contributed by atoms with van der Waals surface area (Å²) in [5.74, 6) is -1.26. The van der Waals surface area contributed by atoms with Crippen LogP contribution in [0.5, 0.6) is 0 Å². The first-order valence-electron chi connectivity index (χ1n) is 8.73. The highest BCUT2D eigenvalue weighted by Crippen LogP contribution is 2.31. The average Bonchev–Trinajstić information content (AvgIpc) is 2.89. The van der Waals surface area contributed by atoms with Crippen LogP contribution in [-0.2, 0) is 14.3 Å². The Kier molecular flexibility index (Phi) is 8.25. The zero-order valence-electron chi connectivity index (χ0n) is 15.3. The van der Waals surface area contributed by atoms with E-state index in [0.29, 0.717) is 19.6 Å². The molecule has 138 valence electrons. The van der Waals surface area contributed by atoms with Gasteiger partial charge in [0.1, 0.15) is 5.60 Å². The lowest BCUT2D eigenvalue weighted by Gasteiger charge is -2.23. The van der Waals surface area contributed by atoms with Gasteiger partial charge in [-0.1, -0.05) is 25.0 Å². The van der Waals surface area contributed by atoms with Crippen LogP contribution in [0.15, 0.2) is 11.6 Å². The molecule has 0 aromatic rings. The van der Waals surface area contributed by atoms with Crippen LogP contribution in [0, 0.1) is 5.92 Å². The number of rotatable bonds is 8. The van der Waals surface area contributed by atoms with Gasteiger partial charge in [-0.3, -0.25) is 4.79 Å². The van der Waals surface area contributed by atoms with Crippen molar-refractivity contribution in [3.63, 3.8) is 0 Å². The summed E-state index contributed by atoms with van der Waals surface area (Å²) in [5.41, 5.74) is 0.282. The number of hydrogen-bond acceptors (Lipinski definition) is 4. The number of alkyl carbamates (subject to hydrolysis) is 1. The van der Waals surface area contributed by atoms with Gasteiger partial charge in [-0.05, 0) is 46.5 Å². The highest BCUT2D eigenvalue weighted by molar-refractivity contribution is 5.74. The van der Waals surface area contributed by atoms with E-state index >= 15 is 0 Å². The van der Waals surface area contributed by atoms with E-state index in [9.17, 15) is 14.7 Å². The zero-order chi connectivity index (χ0) is 18.2. The van der Waals surface area contributed by atoms with E-state index in [-0.39, 0.29) is 6.04 Å². The first-order valence-corrected chi connectivity index (χ1v) is 8.73. The molecule has 6 nitrogen and oxygen atoms in total. The monoisotopic (exact) mass is 341 g/mol. The van der Waals surface area contributed by atoms with Crippen LogP contribution >= 0.6 is 0 Å². The van der Waals surface area contributed by atoms with Gasteiger partial charge in [0.05, 0.1) is 18.6 Å². The van der Waals surface area contributed by atoms with Crippen molar-refractivity contribution in [2.24, 2.45) is 5.92 Å². The molecular weight excluding hydrogens is 310 g/mol. The minimum absolute atomic E-state index is 0.315. The van der Waals surface area contributed by atoms with Crippen LogP contribution in [0.2, 0.25) is 0 Å². The fourth-order valence-electron chi connectivity index (χ4n) is 2.66. The molecule has 1 aliphatic carbocycles. The van der Waals surface area contributed by atoms with Crippen molar-refractivity contribution < 1.29 is 24.2 Å². The Morgan fingerprint density at radius 2 is 2.12 bits per heavy atom. The summed E-state index contributed by atoms with van der Waals surface area (Å²) in [5, 5.41) is 12.1. The van der Waals surface area contributed by atoms with Crippen molar-refractivity contribution in [1.82, 2.24) is 5.32 Å². The SMILES string of the molecule is CCCCOC[C@@H](/C=C1\CCC[C@H]1C(=O)O)NC(=O)OC(C)(C)C. The molecule has 0 radical (unpaired) electrons. The van der Waals surface area contributed by atoms with Crippen molar-refractivity contribution in [1.29, 1.82) is 0 Å². The summed E-state index contributed by atoms with van der Waals surface area (Å²) >= 11 is 0. The average molecular weight is 341 g/mol. The summed E-state index contributed by atoms with van der Waals surface area (Å²) in [6.45, 7) is 8.42. The quantitative estimate of drug-likeness (QED) is 0.521. The standard InChI is InChI=1S/C18H31NO5/c1-5-6-10-23-12-14(19-17(22)24-18(2,3)4)11-13-8-7-9-15(13)16(20)21/h11,14-15H,5-10,12H2,1-4H3,(H,19,22)(H,20,21)/b13-11+/t14-,15-/m1/s1. The van der Waals surface area contributed by atoms with Gasteiger partial charge in [-0.15, -0.1) is 0 Å². The summed E-state index contributed by atoms with van der Waals surface area (Å²) in [6, 6.07) is -0.383. The molecule has 1 aliphatic rings. The second-order valence-corrected chi connectivity index (χ2v) is 7.21. The van der Waals surface area contributed by atoms with Gasteiger partial charge in [-0.25, -0.2) is 4.79 Å². The second-order valence-electron chi connectivity index (χ2n) is 7.21.